The van der Waals surface area contributed by atoms with Crippen molar-refractivity contribution < 1.29 is 14.2 Å². The molecule has 1 fully saturated rings. The van der Waals surface area contributed by atoms with Gasteiger partial charge in [-0.3, -0.25) is 0 Å². The molecule has 4 aromatic rings. The number of aryl methyl sites for hydroxylation is 1. The number of aromatic nitrogens is 4. The molecule has 9 heteroatoms. The molecule has 2 aromatic carbocycles. The molecule has 0 saturated carbocycles. The molecule has 0 aliphatic carbocycles. The maximum atomic E-state index is 14.8. The van der Waals surface area contributed by atoms with Crippen molar-refractivity contribution in [3.8, 4) is 0 Å². The molecule has 3 N–H and O–H groups in total. The number of ether oxygens (including phenoxy) is 1. The Kier molecular flexibility index (Phi) is 5.11. The number of aliphatic hydroxyl groups is 1. The molecule has 1 saturated heterocycles. The molecule has 7 nitrogen and oxygen atoms in total. The van der Waals surface area contributed by atoms with Crippen LogP contribution in [-0.4, -0.2) is 31.7 Å². The number of anilines is 1. The Labute approximate surface area is 186 Å². The second-order valence-corrected chi connectivity index (χ2v) is 8.68. The first-order valence-electron chi connectivity index (χ1n) is 10.1. The van der Waals surface area contributed by atoms with E-state index in [-0.39, 0.29) is 6.23 Å². The maximum absolute atomic E-state index is 14.8. The SMILES string of the molecule is Cc1cc2c(N)c(C(O)c3ccc(F)c4c3cnn4C3CCCCO3)cc(Br)c2nn1. The third-order valence-corrected chi connectivity index (χ3v) is 6.39. The van der Waals surface area contributed by atoms with Gasteiger partial charge in [0.05, 0.1) is 11.9 Å². The van der Waals surface area contributed by atoms with Crippen LogP contribution in [-0.2, 0) is 4.74 Å². The van der Waals surface area contributed by atoms with Crippen LogP contribution in [0.25, 0.3) is 21.8 Å². The summed E-state index contributed by atoms with van der Waals surface area (Å²) < 4.78 is 22.9. The first kappa shape index (κ1) is 20.3. The van der Waals surface area contributed by atoms with Gasteiger partial charge in [-0.15, -0.1) is 5.10 Å². The van der Waals surface area contributed by atoms with E-state index in [0.29, 0.717) is 49.7 Å². The zero-order valence-corrected chi connectivity index (χ0v) is 18.4. The molecular formula is C22H21BrFN5O2. The van der Waals surface area contributed by atoms with E-state index < -0.39 is 11.9 Å². The van der Waals surface area contributed by atoms with Crippen LogP contribution in [0.15, 0.2) is 34.9 Å². The van der Waals surface area contributed by atoms with Gasteiger partial charge in [0.1, 0.15) is 23.0 Å². The minimum absolute atomic E-state index is 0.311. The third kappa shape index (κ3) is 3.37. The quantitative estimate of drug-likeness (QED) is 0.413. The van der Waals surface area contributed by atoms with Crippen molar-refractivity contribution >= 4 is 43.4 Å². The van der Waals surface area contributed by atoms with E-state index in [1.807, 2.05) is 13.0 Å². The van der Waals surface area contributed by atoms with Gasteiger partial charge in [0.15, 0.2) is 6.23 Å². The lowest BCUT2D eigenvalue weighted by Gasteiger charge is -2.24. The first-order valence-corrected chi connectivity index (χ1v) is 10.9. The fraction of sp³-hybridized carbons (Fsp3) is 0.318. The van der Waals surface area contributed by atoms with Gasteiger partial charge in [-0.05, 0) is 65.9 Å². The minimum Gasteiger partial charge on any atom is -0.398 e. The largest absolute Gasteiger partial charge is 0.398 e. The molecule has 1 aliphatic heterocycles. The molecule has 2 atom stereocenters. The van der Waals surface area contributed by atoms with E-state index in [2.05, 4.69) is 31.2 Å². The fourth-order valence-electron chi connectivity index (χ4n) is 4.22. The van der Waals surface area contributed by atoms with Crippen molar-refractivity contribution in [1.29, 1.82) is 0 Å². The Morgan fingerprint density at radius 1 is 1.23 bits per heavy atom. The van der Waals surface area contributed by atoms with Crippen LogP contribution in [0.3, 0.4) is 0 Å². The number of fused-ring (bicyclic) bond motifs is 2. The highest BCUT2D eigenvalue weighted by atomic mass is 79.9. The molecule has 31 heavy (non-hydrogen) atoms. The van der Waals surface area contributed by atoms with Gasteiger partial charge in [0.2, 0.25) is 0 Å². The molecule has 0 spiro atoms. The molecule has 1 aliphatic rings. The van der Waals surface area contributed by atoms with E-state index in [4.69, 9.17) is 10.5 Å². The van der Waals surface area contributed by atoms with Crippen LogP contribution < -0.4 is 5.73 Å². The standard InChI is InChI=1S/C22H21BrFN5O2/c1-11-8-13-19(25)14(9-16(23)20(13)28-27-11)22(30)12-5-6-17(24)21-15(12)10-26-29(21)18-4-2-3-7-31-18/h5-6,8-10,18,22,30H,2-4,7,25H2,1H3. The Morgan fingerprint density at radius 2 is 2.06 bits per heavy atom. The van der Waals surface area contributed by atoms with Crippen LogP contribution in [0.1, 0.15) is 48.4 Å². The maximum Gasteiger partial charge on any atom is 0.150 e. The molecule has 2 unspecified atom stereocenters. The lowest BCUT2D eigenvalue weighted by molar-refractivity contribution is -0.0369. The van der Waals surface area contributed by atoms with Crippen molar-refractivity contribution in [2.45, 2.75) is 38.5 Å². The highest BCUT2D eigenvalue weighted by Crippen LogP contribution is 2.39. The molecule has 0 bridgehead atoms. The number of benzene rings is 2. The summed E-state index contributed by atoms with van der Waals surface area (Å²) in [5, 5.41) is 25.2. The number of aliphatic hydroxyl groups excluding tert-OH is 1. The summed E-state index contributed by atoms with van der Waals surface area (Å²) in [5.74, 6) is -0.406. The Bertz CT molecular complexity index is 1300. The van der Waals surface area contributed by atoms with Gasteiger partial charge in [0, 0.05) is 33.1 Å². The van der Waals surface area contributed by atoms with E-state index in [9.17, 15) is 9.50 Å². The zero-order chi connectivity index (χ0) is 21.7. The van der Waals surface area contributed by atoms with Gasteiger partial charge in [-0.25, -0.2) is 9.07 Å². The molecular weight excluding hydrogens is 465 g/mol. The summed E-state index contributed by atoms with van der Waals surface area (Å²) in [6.07, 6.45) is 2.95. The topological polar surface area (TPSA) is 99.1 Å². The summed E-state index contributed by atoms with van der Waals surface area (Å²) >= 11 is 3.50. The predicted molar refractivity (Wildman–Crippen MR) is 119 cm³/mol. The average Bonchev–Trinajstić information content (AvgIpc) is 3.23. The first-order chi connectivity index (χ1) is 15.0. The summed E-state index contributed by atoms with van der Waals surface area (Å²) in [6, 6.07) is 6.49. The lowest BCUT2D eigenvalue weighted by Crippen LogP contribution is -2.19. The van der Waals surface area contributed by atoms with Crippen LogP contribution in [0.4, 0.5) is 10.1 Å². The van der Waals surface area contributed by atoms with Gasteiger partial charge < -0.3 is 15.6 Å². The number of nitrogens with two attached hydrogens (primary N) is 1. The highest BCUT2D eigenvalue weighted by molar-refractivity contribution is 9.10. The van der Waals surface area contributed by atoms with E-state index >= 15 is 0 Å². The highest BCUT2D eigenvalue weighted by Gasteiger charge is 2.25. The van der Waals surface area contributed by atoms with Crippen LogP contribution >= 0.6 is 15.9 Å². The molecule has 0 amide bonds. The zero-order valence-electron chi connectivity index (χ0n) is 16.8. The second-order valence-electron chi connectivity index (χ2n) is 7.82. The predicted octanol–water partition coefficient (Wildman–Crippen LogP) is 4.55. The number of hydrogen-bond acceptors (Lipinski definition) is 6. The monoisotopic (exact) mass is 485 g/mol. The molecule has 160 valence electrons. The summed E-state index contributed by atoms with van der Waals surface area (Å²) in [6.45, 7) is 2.45. The average molecular weight is 486 g/mol. The number of nitrogens with zero attached hydrogens (tertiary/aromatic N) is 4. The van der Waals surface area contributed by atoms with E-state index in [1.165, 1.54) is 6.07 Å². The second kappa shape index (κ2) is 7.81. The normalized spacial score (nSPS) is 18.0. The summed E-state index contributed by atoms with van der Waals surface area (Å²) in [7, 11) is 0. The van der Waals surface area contributed by atoms with Crippen LogP contribution in [0, 0.1) is 12.7 Å². The van der Waals surface area contributed by atoms with Crippen molar-refractivity contribution in [2.75, 3.05) is 12.3 Å². The number of nitrogen functional groups attached to an aromatic ring is 1. The van der Waals surface area contributed by atoms with Crippen molar-refractivity contribution in [1.82, 2.24) is 20.0 Å². The van der Waals surface area contributed by atoms with Crippen LogP contribution in [0.2, 0.25) is 0 Å². The van der Waals surface area contributed by atoms with E-state index in [0.717, 1.165) is 25.0 Å². The Morgan fingerprint density at radius 3 is 2.84 bits per heavy atom. The summed E-state index contributed by atoms with van der Waals surface area (Å²) in [4.78, 5) is 0. The fourth-order valence-corrected chi connectivity index (χ4v) is 4.76. The van der Waals surface area contributed by atoms with Crippen LogP contribution in [0.5, 0.6) is 0 Å². The molecule has 2 aromatic heterocycles. The number of rotatable bonds is 3. The Hall–Kier alpha value is -2.62. The van der Waals surface area contributed by atoms with Crippen molar-refractivity contribution in [2.24, 2.45) is 0 Å². The van der Waals surface area contributed by atoms with Gasteiger partial charge >= 0.3 is 0 Å². The van der Waals surface area contributed by atoms with Crippen molar-refractivity contribution in [3.05, 3.63) is 57.6 Å². The molecule has 5 rings (SSSR count). The summed E-state index contributed by atoms with van der Waals surface area (Å²) in [5.41, 5.74) is 9.52. The third-order valence-electron chi connectivity index (χ3n) is 5.79. The minimum atomic E-state index is -1.08. The van der Waals surface area contributed by atoms with Gasteiger partial charge in [-0.1, -0.05) is 6.07 Å². The molecule has 0 radical (unpaired) electrons. The number of hydrogen-bond donors (Lipinski definition) is 2. The number of halogens is 2. The van der Waals surface area contributed by atoms with Gasteiger partial charge in [0.25, 0.3) is 0 Å². The Balaban J connectivity index is 1.65. The van der Waals surface area contributed by atoms with E-state index in [1.54, 1.807) is 23.0 Å². The van der Waals surface area contributed by atoms with Gasteiger partial charge in [-0.2, -0.15) is 10.2 Å². The lowest BCUT2D eigenvalue weighted by atomic mass is 9.95. The molecule has 3 heterocycles. The smallest absolute Gasteiger partial charge is 0.150 e. The van der Waals surface area contributed by atoms with Crippen molar-refractivity contribution in [3.63, 3.8) is 0 Å².